The lowest BCUT2D eigenvalue weighted by Gasteiger charge is -2.01. The summed E-state index contributed by atoms with van der Waals surface area (Å²) in [6.45, 7) is 0.804. The van der Waals surface area contributed by atoms with Crippen LogP contribution in [0.25, 0.3) is 0 Å². The average Bonchev–Trinajstić information content (AvgIpc) is 2.39. The fourth-order valence-electron chi connectivity index (χ4n) is 1.23. The zero-order valence-electron chi connectivity index (χ0n) is 6.47. The highest BCUT2D eigenvalue weighted by molar-refractivity contribution is 9.10. The van der Waals surface area contributed by atoms with Gasteiger partial charge in [0.25, 0.3) is 0 Å². The highest BCUT2D eigenvalue weighted by atomic mass is 79.9. The maximum Gasteiger partial charge on any atom is 0.137 e. The van der Waals surface area contributed by atoms with Crippen molar-refractivity contribution in [2.24, 2.45) is 0 Å². The predicted molar refractivity (Wildman–Crippen MR) is 51.4 cm³/mol. The summed E-state index contributed by atoms with van der Waals surface area (Å²) in [4.78, 5) is 1.14. The minimum atomic E-state index is -0.176. The van der Waals surface area contributed by atoms with E-state index in [0.717, 1.165) is 17.0 Å². The molecule has 2 rings (SSSR count). The van der Waals surface area contributed by atoms with Gasteiger partial charge in [-0.2, -0.15) is 0 Å². The van der Waals surface area contributed by atoms with Gasteiger partial charge in [-0.1, -0.05) is 0 Å². The lowest BCUT2D eigenvalue weighted by Crippen LogP contribution is -2.00. The molecule has 0 N–H and O–H groups in total. The van der Waals surface area contributed by atoms with Crippen molar-refractivity contribution in [3.05, 3.63) is 28.0 Å². The van der Waals surface area contributed by atoms with E-state index in [1.54, 1.807) is 11.9 Å². The second-order valence-electron chi connectivity index (χ2n) is 2.72. The van der Waals surface area contributed by atoms with Gasteiger partial charge >= 0.3 is 0 Å². The number of benzene rings is 1. The molecule has 1 aromatic carbocycles. The van der Waals surface area contributed by atoms with Crippen LogP contribution in [0, 0.1) is 5.82 Å². The first-order chi connectivity index (χ1) is 5.68. The molecule has 0 saturated heterocycles. The maximum atomic E-state index is 13.0. The van der Waals surface area contributed by atoms with Crippen molar-refractivity contribution in [2.75, 3.05) is 7.05 Å². The van der Waals surface area contributed by atoms with E-state index in [9.17, 15) is 4.39 Å². The average molecular weight is 248 g/mol. The molecule has 0 saturated carbocycles. The van der Waals surface area contributed by atoms with Crippen molar-refractivity contribution in [2.45, 2.75) is 11.4 Å². The molecular weight excluding hydrogens is 241 g/mol. The molecule has 1 aliphatic heterocycles. The van der Waals surface area contributed by atoms with Crippen molar-refractivity contribution in [1.29, 1.82) is 0 Å². The highest BCUT2D eigenvalue weighted by Gasteiger charge is 2.20. The minimum Gasteiger partial charge on any atom is -0.245 e. The molecule has 1 aliphatic rings. The Balaban J connectivity index is 2.54. The van der Waals surface area contributed by atoms with Crippen LogP contribution in [0.15, 0.2) is 21.5 Å². The normalized spacial score (nSPS) is 16.6. The van der Waals surface area contributed by atoms with Crippen molar-refractivity contribution in [1.82, 2.24) is 4.31 Å². The van der Waals surface area contributed by atoms with Crippen LogP contribution in [-0.2, 0) is 6.54 Å². The monoisotopic (exact) mass is 247 g/mol. The Labute approximate surface area is 83.2 Å². The lowest BCUT2D eigenvalue weighted by molar-refractivity contribution is 0.569. The van der Waals surface area contributed by atoms with Crippen molar-refractivity contribution >= 4 is 27.9 Å². The third-order valence-electron chi connectivity index (χ3n) is 1.79. The number of nitrogens with zero attached hydrogens (tertiary/aromatic N) is 1. The first kappa shape index (κ1) is 8.53. The van der Waals surface area contributed by atoms with Gasteiger partial charge in [0.15, 0.2) is 0 Å². The van der Waals surface area contributed by atoms with Gasteiger partial charge in [-0.25, -0.2) is 8.70 Å². The number of hydrogen-bond donors (Lipinski definition) is 0. The SMILES string of the molecule is CN1Cc2c(ccc(F)c2Br)S1. The molecule has 0 aliphatic carbocycles. The summed E-state index contributed by atoms with van der Waals surface area (Å²) in [7, 11) is 2.00. The van der Waals surface area contributed by atoms with Gasteiger partial charge in [-0.15, -0.1) is 0 Å². The van der Waals surface area contributed by atoms with Crippen molar-refractivity contribution in [3.8, 4) is 0 Å². The summed E-state index contributed by atoms with van der Waals surface area (Å²) in [5.74, 6) is -0.176. The van der Waals surface area contributed by atoms with Crippen LogP contribution < -0.4 is 0 Å². The zero-order chi connectivity index (χ0) is 8.72. The Morgan fingerprint density at radius 1 is 1.58 bits per heavy atom. The fourth-order valence-corrected chi connectivity index (χ4v) is 2.77. The summed E-state index contributed by atoms with van der Waals surface area (Å²) >= 11 is 4.89. The largest absolute Gasteiger partial charge is 0.245 e. The molecule has 0 radical (unpaired) electrons. The smallest absolute Gasteiger partial charge is 0.137 e. The van der Waals surface area contributed by atoms with Crippen LogP contribution in [0.3, 0.4) is 0 Å². The van der Waals surface area contributed by atoms with E-state index in [4.69, 9.17) is 0 Å². The first-order valence-electron chi connectivity index (χ1n) is 3.54. The number of hydrogen-bond acceptors (Lipinski definition) is 2. The summed E-state index contributed by atoms with van der Waals surface area (Å²) in [6, 6.07) is 3.32. The number of halogens is 2. The van der Waals surface area contributed by atoms with Gasteiger partial charge in [0.05, 0.1) is 4.47 Å². The van der Waals surface area contributed by atoms with Crippen molar-refractivity contribution in [3.63, 3.8) is 0 Å². The van der Waals surface area contributed by atoms with Gasteiger partial charge in [0.2, 0.25) is 0 Å². The maximum absolute atomic E-state index is 13.0. The molecule has 0 atom stereocenters. The second kappa shape index (κ2) is 3.01. The Hall–Kier alpha value is -0.0600. The van der Waals surface area contributed by atoms with Gasteiger partial charge in [0.1, 0.15) is 5.82 Å². The van der Waals surface area contributed by atoms with Crippen LogP contribution in [0.2, 0.25) is 0 Å². The van der Waals surface area contributed by atoms with E-state index in [1.807, 2.05) is 13.1 Å². The quantitative estimate of drug-likeness (QED) is 0.649. The molecule has 12 heavy (non-hydrogen) atoms. The van der Waals surface area contributed by atoms with Crippen LogP contribution in [0.5, 0.6) is 0 Å². The summed E-state index contributed by atoms with van der Waals surface area (Å²) in [5.41, 5.74) is 1.06. The molecule has 0 amide bonds. The molecule has 1 nitrogen and oxygen atoms in total. The van der Waals surface area contributed by atoms with E-state index in [1.165, 1.54) is 6.07 Å². The van der Waals surface area contributed by atoms with E-state index in [0.29, 0.717) is 4.47 Å². The molecule has 1 aromatic rings. The summed E-state index contributed by atoms with van der Waals surface area (Å²) in [5, 5.41) is 0. The molecule has 1 heterocycles. The Morgan fingerprint density at radius 2 is 2.33 bits per heavy atom. The van der Waals surface area contributed by atoms with E-state index < -0.39 is 0 Å². The zero-order valence-corrected chi connectivity index (χ0v) is 8.88. The van der Waals surface area contributed by atoms with Crippen molar-refractivity contribution < 1.29 is 4.39 Å². The van der Waals surface area contributed by atoms with Gasteiger partial charge in [-0.3, -0.25) is 0 Å². The van der Waals surface area contributed by atoms with Crippen LogP contribution in [0.1, 0.15) is 5.56 Å². The molecular formula is C8H7BrFNS. The summed E-state index contributed by atoms with van der Waals surface area (Å²) in [6.07, 6.45) is 0. The van der Waals surface area contributed by atoms with Crippen LogP contribution in [0.4, 0.5) is 4.39 Å². The topological polar surface area (TPSA) is 3.24 Å². The molecule has 0 unspecified atom stereocenters. The number of rotatable bonds is 0. The second-order valence-corrected chi connectivity index (χ2v) is 4.75. The molecule has 0 aromatic heterocycles. The van der Waals surface area contributed by atoms with E-state index in [2.05, 4.69) is 20.2 Å². The molecule has 0 fully saturated rings. The Bertz CT molecular complexity index is 329. The molecule has 0 spiro atoms. The first-order valence-corrected chi connectivity index (χ1v) is 5.11. The fraction of sp³-hybridized carbons (Fsp3) is 0.250. The molecule has 0 bridgehead atoms. The Morgan fingerprint density at radius 3 is 3.08 bits per heavy atom. The Kier molecular flexibility index (Phi) is 2.14. The molecule has 64 valence electrons. The third-order valence-corrected chi connectivity index (χ3v) is 3.67. The van der Waals surface area contributed by atoms with E-state index in [-0.39, 0.29) is 5.82 Å². The third kappa shape index (κ3) is 1.28. The minimum absolute atomic E-state index is 0.176. The van der Waals surface area contributed by atoms with Gasteiger partial charge in [0, 0.05) is 11.4 Å². The van der Waals surface area contributed by atoms with Gasteiger partial charge in [-0.05, 0) is 52.6 Å². The standard InChI is InChI=1S/C8H7BrFNS/c1-11-4-5-7(12-11)3-2-6(10)8(5)9/h2-3H,4H2,1H3. The van der Waals surface area contributed by atoms with E-state index >= 15 is 0 Å². The molecule has 4 heteroatoms. The highest BCUT2D eigenvalue weighted by Crippen LogP contribution is 2.39. The lowest BCUT2D eigenvalue weighted by atomic mass is 10.2. The van der Waals surface area contributed by atoms with Crippen LogP contribution in [-0.4, -0.2) is 11.4 Å². The summed E-state index contributed by atoms with van der Waals surface area (Å²) < 4.78 is 15.7. The predicted octanol–water partition coefficient (Wildman–Crippen LogP) is 3.04. The number of fused-ring (bicyclic) bond motifs is 1. The van der Waals surface area contributed by atoms with Crippen LogP contribution >= 0.6 is 27.9 Å². The van der Waals surface area contributed by atoms with Gasteiger partial charge < -0.3 is 0 Å².